The van der Waals surface area contributed by atoms with Gasteiger partial charge >= 0.3 is 6.03 Å². The predicted molar refractivity (Wildman–Crippen MR) is 113 cm³/mol. The minimum atomic E-state index is -0.160. The quantitative estimate of drug-likeness (QED) is 0.547. The van der Waals surface area contributed by atoms with Crippen molar-refractivity contribution < 1.29 is 4.79 Å². The Balaban J connectivity index is 1.36. The minimum Gasteiger partial charge on any atom is -0.341 e. The lowest BCUT2D eigenvalue weighted by molar-refractivity contribution is 0.240. The number of aromatic amines is 1. The van der Waals surface area contributed by atoms with Crippen molar-refractivity contribution >= 4 is 22.8 Å². The highest BCUT2D eigenvalue weighted by molar-refractivity contribution is 5.89. The zero-order valence-electron chi connectivity index (χ0n) is 16.3. The van der Waals surface area contributed by atoms with Gasteiger partial charge in [-0.3, -0.25) is 0 Å². The Kier molecular flexibility index (Phi) is 5.30. The Hall–Kier alpha value is -2.86. The average Bonchev–Trinajstić information content (AvgIpc) is 3.13. The summed E-state index contributed by atoms with van der Waals surface area (Å²) in [5.41, 5.74) is 4.08. The molecule has 1 fully saturated rings. The Morgan fingerprint density at radius 2 is 1.93 bits per heavy atom. The number of hydrogen-bond acceptors (Lipinski definition) is 3. The first-order valence-electron chi connectivity index (χ1n) is 9.94. The zero-order valence-corrected chi connectivity index (χ0v) is 16.3. The van der Waals surface area contributed by atoms with Crippen LogP contribution in [0.5, 0.6) is 0 Å². The number of imidazole rings is 1. The van der Waals surface area contributed by atoms with Gasteiger partial charge in [-0.15, -0.1) is 0 Å². The molecule has 2 heterocycles. The summed E-state index contributed by atoms with van der Waals surface area (Å²) < 4.78 is 0. The lowest BCUT2D eigenvalue weighted by atomic mass is 9.99. The molecular formula is C22H27N5O. The van der Waals surface area contributed by atoms with Crippen molar-refractivity contribution in [3.8, 4) is 0 Å². The summed E-state index contributed by atoms with van der Waals surface area (Å²) in [6.07, 6.45) is 1.70. The molecule has 0 radical (unpaired) electrons. The number of urea groups is 1. The molecule has 3 aromatic rings. The molecule has 1 aromatic heterocycles. The van der Waals surface area contributed by atoms with Crippen molar-refractivity contribution in [2.24, 2.45) is 0 Å². The van der Waals surface area contributed by atoms with E-state index in [9.17, 15) is 4.79 Å². The molecule has 6 nitrogen and oxygen atoms in total. The molecule has 2 amide bonds. The largest absolute Gasteiger partial charge is 0.341 e. The van der Waals surface area contributed by atoms with Gasteiger partial charge in [0.15, 0.2) is 0 Å². The lowest BCUT2D eigenvalue weighted by Crippen LogP contribution is -2.45. The number of rotatable bonds is 4. The molecule has 0 spiro atoms. The second-order valence-corrected chi connectivity index (χ2v) is 7.74. The SMILES string of the molecule is CC(C)c1ccc(NC(=O)N[C@@H]2CCN[C@@H](c3nc4ccccc4[nH]3)C2)cc1. The van der Waals surface area contributed by atoms with E-state index in [4.69, 9.17) is 4.98 Å². The van der Waals surface area contributed by atoms with Gasteiger partial charge in [0.25, 0.3) is 0 Å². The van der Waals surface area contributed by atoms with Gasteiger partial charge in [-0.25, -0.2) is 9.78 Å². The number of nitrogens with one attached hydrogen (secondary N) is 4. The second-order valence-electron chi connectivity index (χ2n) is 7.74. The summed E-state index contributed by atoms with van der Waals surface area (Å²) in [5.74, 6) is 1.41. The van der Waals surface area contributed by atoms with Crippen LogP contribution >= 0.6 is 0 Å². The fraction of sp³-hybridized carbons (Fsp3) is 0.364. The van der Waals surface area contributed by atoms with E-state index in [0.29, 0.717) is 5.92 Å². The normalized spacial score (nSPS) is 19.7. The smallest absolute Gasteiger partial charge is 0.319 e. The van der Waals surface area contributed by atoms with Crippen LogP contribution in [-0.2, 0) is 0 Å². The van der Waals surface area contributed by atoms with Gasteiger partial charge in [0.05, 0.1) is 17.1 Å². The molecule has 6 heteroatoms. The zero-order chi connectivity index (χ0) is 19.5. The van der Waals surface area contributed by atoms with Crippen LogP contribution in [0.25, 0.3) is 11.0 Å². The number of H-pyrrole nitrogens is 1. The maximum Gasteiger partial charge on any atom is 0.319 e. The monoisotopic (exact) mass is 377 g/mol. The van der Waals surface area contributed by atoms with E-state index in [-0.39, 0.29) is 18.1 Å². The van der Waals surface area contributed by atoms with E-state index in [2.05, 4.69) is 46.9 Å². The van der Waals surface area contributed by atoms with Gasteiger partial charge in [-0.2, -0.15) is 0 Å². The van der Waals surface area contributed by atoms with Crippen molar-refractivity contribution in [3.63, 3.8) is 0 Å². The number of fused-ring (bicyclic) bond motifs is 1. The molecule has 0 unspecified atom stereocenters. The highest BCUT2D eigenvalue weighted by Crippen LogP contribution is 2.24. The number of piperidine rings is 1. The number of carbonyl (C=O) groups is 1. The first kappa shape index (κ1) is 18.5. The van der Waals surface area contributed by atoms with Crippen LogP contribution in [0.1, 0.15) is 50.0 Å². The number of hydrogen-bond donors (Lipinski definition) is 4. The van der Waals surface area contributed by atoms with Crippen LogP contribution in [0, 0.1) is 0 Å². The van der Waals surface area contributed by atoms with E-state index in [1.807, 2.05) is 36.4 Å². The fourth-order valence-electron chi connectivity index (χ4n) is 3.70. The van der Waals surface area contributed by atoms with Crippen LogP contribution in [0.15, 0.2) is 48.5 Å². The third-order valence-corrected chi connectivity index (χ3v) is 5.31. The number of para-hydroxylation sites is 2. The first-order chi connectivity index (χ1) is 13.6. The fourth-order valence-corrected chi connectivity index (χ4v) is 3.70. The molecule has 4 rings (SSSR count). The Morgan fingerprint density at radius 1 is 1.14 bits per heavy atom. The van der Waals surface area contributed by atoms with E-state index in [1.165, 1.54) is 5.56 Å². The van der Waals surface area contributed by atoms with Crippen molar-refractivity contribution in [1.29, 1.82) is 0 Å². The maximum atomic E-state index is 12.4. The summed E-state index contributed by atoms with van der Waals surface area (Å²) in [6, 6.07) is 16.1. The number of benzene rings is 2. The van der Waals surface area contributed by atoms with Gasteiger partial charge in [-0.1, -0.05) is 38.1 Å². The number of amides is 2. The van der Waals surface area contributed by atoms with Gasteiger partial charge in [-0.05, 0) is 55.1 Å². The van der Waals surface area contributed by atoms with Gasteiger partial charge < -0.3 is 20.9 Å². The summed E-state index contributed by atoms with van der Waals surface area (Å²) in [4.78, 5) is 20.5. The molecule has 1 aliphatic rings. The first-order valence-corrected chi connectivity index (χ1v) is 9.94. The van der Waals surface area contributed by atoms with E-state index in [0.717, 1.165) is 41.9 Å². The van der Waals surface area contributed by atoms with Crippen LogP contribution in [0.3, 0.4) is 0 Å². The molecule has 28 heavy (non-hydrogen) atoms. The standard InChI is InChI=1S/C22H27N5O/c1-14(2)15-7-9-16(10-8-15)24-22(28)25-17-11-12-23-20(13-17)21-26-18-5-3-4-6-19(18)27-21/h3-10,14,17,20,23H,11-13H2,1-2H3,(H,26,27)(H2,24,25,28)/t17-,20-/m1/s1. The molecular weight excluding hydrogens is 350 g/mol. The third-order valence-electron chi connectivity index (χ3n) is 5.31. The topological polar surface area (TPSA) is 81.8 Å². The average molecular weight is 377 g/mol. The maximum absolute atomic E-state index is 12.4. The Bertz CT molecular complexity index is 914. The molecule has 146 valence electrons. The molecule has 2 aromatic carbocycles. The highest BCUT2D eigenvalue weighted by Gasteiger charge is 2.26. The van der Waals surface area contributed by atoms with Crippen molar-refractivity contribution in [1.82, 2.24) is 20.6 Å². The third kappa shape index (κ3) is 4.17. The molecule has 4 N–H and O–H groups in total. The van der Waals surface area contributed by atoms with Crippen molar-refractivity contribution in [2.45, 2.75) is 44.7 Å². The van der Waals surface area contributed by atoms with Gasteiger partial charge in [0.1, 0.15) is 5.82 Å². The van der Waals surface area contributed by atoms with E-state index >= 15 is 0 Å². The molecule has 0 bridgehead atoms. The minimum absolute atomic E-state index is 0.106. The number of aromatic nitrogens is 2. The van der Waals surface area contributed by atoms with Crippen LogP contribution in [-0.4, -0.2) is 28.6 Å². The molecule has 1 saturated heterocycles. The second kappa shape index (κ2) is 8.02. The summed E-state index contributed by atoms with van der Waals surface area (Å²) in [6.45, 7) is 5.16. The van der Waals surface area contributed by atoms with Crippen molar-refractivity contribution in [2.75, 3.05) is 11.9 Å². The van der Waals surface area contributed by atoms with Crippen LogP contribution < -0.4 is 16.0 Å². The number of nitrogens with zero attached hydrogens (tertiary/aromatic N) is 1. The molecule has 0 saturated carbocycles. The molecule has 1 aliphatic heterocycles. The van der Waals surface area contributed by atoms with Crippen LogP contribution in [0.2, 0.25) is 0 Å². The summed E-state index contributed by atoms with van der Waals surface area (Å²) in [5, 5.41) is 9.54. The Morgan fingerprint density at radius 3 is 2.68 bits per heavy atom. The Labute approximate surface area is 165 Å². The van der Waals surface area contributed by atoms with E-state index < -0.39 is 0 Å². The summed E-state index contributed by atoms with van der Waals surface area (Å²) >= 11 is 0. The number of carbonyl (C=O) groups excluding carboxylic acids is 1. The van der Waals surface area contributed by atoms with Gasteiger partial charge in [0, 0.05) is 11.7 Å². The molecule has 2 atom stereocenters. The highest BCUT2D eigenvalue weighted by atomic mass is 16.2. The van der Waals surface area contributed by atoms with Crippen LogP contribution in [0.4, 0.5) is 10.5 Å². The van der Waals surface area contributed by atoms with Crippen molar-refractivity contribution in [3.05, 3.63) is 59.9 Å². The lowest BCUT2D eigenvalue weighted by Gasteiger charge is -2.29. The van der Waals surface area contributed by atoms with Gasteiger partial charge in [0.2, 0.25) is 0 Å². The summed E-state index contributed by atoms with van der Waals surface area (Å²) in [7, 11) is 0. The predicted octanol–water partition coefficient (Wildman–Crippen LogP) is 4.30. The molecule has 0 aliphatic carbocycles. The van der Waals surface area contributed by atoms with E-state index in [1.54, 1.807) is 0 Å². The number of anilines is 1.